The van der Waals surface area contributed by atoms with Gasteiger partial charge in [-0.2, -0.15) is 0 Å². The molecule has 5 heteroatoms. The fraction of sp³-hybridized carbons (Fsp3) is 0.150. The summed E-state index contributed by atoms with van der Waals surface area (Å²) in [5.41, 5.74) is 1.75. The van der Waals surface area contributed by atoms with Crippen molar-refractivity contribution >= 4 is 23.6 Å². The molecule has 0 saturated heterocycles. The molecule has 128 valence electrons. The van der Waals surface area contributed by atoms with Crippen molar-refractivity contribution in [2.45, 2.75) is 6.61 Å². The minimum absolute atomic E-state index is 0.0543. The van der Waals surface area contributed by atoms with E-state index in [-0.39, 0.29) is 6.61 Å². The lowest BCUT2D eigenvalue weighted by Gasteiger charge is -2.11. The summed E-state index contributed by atoms with van der Waals surface area (Å²) in [5.74, 6) is 2.90. The van der Waals surface area contributed by atoms with E-state index >= 15 is 0 Å². The van der Waals surface area contributed by atoms with Crippen molar-refractivity contribution in [1.29, 1.82) is 0 Å². The highest BCUT2D eigenvalue weighted by Crippen LogP contribution is 2.29. The number of terminal acetylenes is 1. The van der Waals surface area contributed by atoms with Crippen molar-refractivity contribution in [3.05, 3.63) is 64.7 Å². The Labute approximate surface area is 152 Å². The van der Waals surface area contributed by atoms with Crippen LogP contribution in [0, 0.1) is 12.3 Å². The van der Waals surface area contributed by atoms with Gasteiger partial charge in [0.05, 0.1) is 7.11 Å². The van der Waals surface area contributed by atoms with Crippen LogP contribution in [-0.2, 0) is 16.1 Å². The van der Waals surface area contributed by atoms with Crippen molar-refractivity contribution in [3.8, 4) is 23.8 Å². The average molecular weight is 357 g/mol. The van der Waals surface area contributed by atoms with Gasteiger partial charge >= 0.3 is 5.97 Å². The van der Waals surface area contributed by atoms with E-state index in [0.717, 1.165) is 11.1 Å². The molecule has 0 atom stereocenters. The molecular weight excluding hydrogens is 340 g/mol. The predicted octanol–water partition coefficient (Wildman–Crippen LogP) is 4.12. The summed E-state index contributed by atoms with van der Waals surface area (Å²) in [6, 6.07) is 12.7. The number of carbonyl (C=O) groups excluding carboxylic acids is 1. The molecule has 0 amide bonds. The highest BCUT2D eigenvalue weighted by atomic mass is 35.5. The molecule has 0 N–H and O–H groups in total. The second-order valence-electron chi connectivity index (χ2n) is 4.97. The van der Waals surface area contributed by atoms with Crippen molar-refractivity contribution < 1.29 is 19.0 Å². The first-order chi connectivity index (χ1) is 12.1. The van der Waals surface area contributed by atoms with Gasteiger partial charge in [0.25, 0.3) is 0 Å². The Morgan fingerprint density at radius 2 is 1.96 bits per heavy atom. The van der Waals surface area contributed by atoms with E-state index in [1.54, 1.807) is 43.5 Å². The molecule has 2 aromatic rings. The Kier molecular flexibility index (Phi) is 6.94. The Morgan fingerprint density at radius 3 is 2.64 bits per heavy atom. The summed E-state index contributed by atoms with van der Waals surface area (Å²) in [6.07, 6.45) is 7.96. The van der Waals surface area contributed by atoms with Gasteiger partial charge in [0, 0.05) is 11.1 Å². The van der Waals surface area contributed by atoms with Gasteiger partial charge in [0.2, 0.25) is 0 Å². The second kappa shape index (κ2) is 9.41. The van der Waals surface area contributed by atoms with Crippen LogP contribution in [0.25, 0.3) is 6.08 Å². The molecule has 0 aliphatic carbocycles. The fourth-order valence-corrected chi connectivity index (χ4v) is 2.10. The van der Waals surface area contributed by atoms with Crippen LogP contribution in [0.1, 0.15) is 11.1 Å². The summed E-state index contributed by atoms with van der Waals surface area (Å²) in [5, 5.41) is 0.671. The number of carbonyl (C=O) groups is 1. The third-order valence-electron chi connectivity index (χ3n) is 3.20. The summed E-state index contributed by atoms with van der Waals surface area (Å²) < 4.78 is 15.9. The molecule has 4 nitrogen and oxygen atoms in total. The maximum Gasteiger partial charge on any atom is 0.331 e. The van der Waals surface area contributed by atoms with Crippen LogP contribution in [0.2, 0.25) is 5.02 Å². The topological polar surface area (TPSA) is 44.8 Å². The molecule has 25 heavy (non-hydrogen) atoms. The van der Waals surface area contributed by atoms with Gasteiger partial charge in [-0.1, -0.05) is 35.7 Å². The van der Waals surface area contributed by atoms with Crippen LogP contribution >= 0.6 is 11.6 Å². The smallest absolute Gasteiger partial charge is 0.331 e. The molecule has 2 aromatic carbocycles. The highest BCUT2D eigenvalue weighted by Gasteiger charge is 2.06. The van der Waals surface area contributed by atoms with Crippen molar-refractivity contribution in [1.82, 2.24) is 0 Å². The quantitative estimate of drug-likeness (QED) is 0.425. The normalized spacial score (nSPS) is 10.3. The van der Waals surface area contributed by atoms with Crippen LogP contribution < -0.4 is 9.47 Å². The average Bonchev–Trinajstić information content (AvgIpc) is 2.64. The number of ether oxygens (including phenoxy) is 3. The lowest BCUT2D eigenvalue weighted by atomic mass is 10.2. The Bertz CT molecular complexity index is 788. The van der Waals surface area contributed by atoms with Crippen LogP contribution in [0.3, 0.4) is 0 Å². The molecule has 0 bridgehead atoms. The molecule has 0 aliphatic rings. The molecule has 0 aromatic heterocycles. The van der Waals surface area contributed by atoms with E-state index in [0.29, 0.717) is 23.1 Å². The van der Waals surface area contributed by atoms with Crippen molar-refractivity contribution in [3.63, 3.8) is 0 Å². The van der Waals surface area contributed by atoms with Crippen molar-refractivity contribution in [2.75, 3.05) is 13.7 Å². The number of esters is 1. The Balaban J connectivity index is 2.08. The lowest BCUT2D eigenvalue weighted by Crippen LogP contribution is -2.00. The molecule has 0 fully saturated rings. The van der Waals surface area contributed by atoms with Crippen LogP contribution in [0.15, 0.2) is 48.5 Å². The minimum atomic E-state index is -0.502. The lowest BCUT2D eigenvalue weighted by molar-refractivity contribution is -0.136. The molecule has 0 spiro atoms. The Morgan fingerprint density at radius 1 is 1.20 bits per heavy atom. The molecule has 0 aliphatic heterocycles. The number of rotatable bonds is 7. The third kappa shape index (κ3) is 5.91. The van der Waals surface area contributed by atoms with Crippen LogP contribution in [0.5, 0.6) is 11.5 Å². The minimum Gasteiger partial charge on any atom is -0.493 e. The first kappa shape index (κ1) is 18.4. The third-order valence-corrected chi connectivity index (χ3v) is 3.46. The first-order valence-electron chi connectivity index (χ1n) is 7.46. The van der Waals surface area contributed by atoms with Crippen molar-refractivity contribution in [2.24, 2.45) is 0 Å². The maximum absolute atomic E-state index is 11.5. The van der Waals surface area contributed by atoms with E-state index in [1.807, 2.05) is 12.1 Å². The summed E-state index contributed by atoms with van der Waals surface area (Å²) in [7, 11) is 1.57. The number of hydrogen-bond acceptors (Lipinski definition) is 4. The highest BCUT2D eigenvalue weighted by molar-refractivity contribution is 6.30. The van der Waals surface area contributed by atoms with Gasteiger partial charge in [-0.3, -0.25) is 0 Å². The van der Waals surface area contributed by atoms with Gasteiger partial charge in [-0.25, -0.2) is 4.79 Å². The zero-order valence-electron chi connectivity index (χ0n) is 13.7. The molecule has 2 rings (SSSR count). The molecule has 0 heterocycles. The summed E-state index contributed by atoms with van der Waals surface area (Å²) in [4.78, 5) is 11.5. The van der Waals surface area contributed by atoms with E-state index in [2.05, 4.69) is 5.92 Å². The SMILES string of the molecule is C#CCOC(=O)/C=C/c1ccc(OC)c(OCc2ccc(Cl)cc2)c1. The summed E-state index contributed by atoms with van der Waals surface area (Å²) >= 11 is 5.87. The summed E-state index contributed by atoms with van der Waals surface area (Å²) in [6.45, 7) is 0.312. The number of benzene rings is 2. The van der Waals surface area contributed by atoms with Gasteiger partial charge in [-0.15, -0.1) is 6.42 Å². The standard InChI is InChI=1S/C20H17ClO4/c1-3-12-24-20(22)11-7-15-6-10-18(23-2)19(13-15)25-14-16-4-8-17(21)9-5-16/h1,4-11,13H,12,14H2,2H3/b11-7+. The monoisotopic (exact) mass is 356 g/mol. The number of hydrogen-bond donors (Lipinski definition) is 0. The Hall–Kier alpha value is -2.90. The largest absolute Gasteiger partial charge is 0.493 e. The van der Waals surface area contributed by atoms with E-state index in [4.69, 9.17) is 32.2 Å². The zero-order chi connectivity index (χ0) is 18.1. The van der Waals surface area contributed by atoms with Gasteiger partial charge in [-0.05, 0) is 41.5 Å². The number of methoxy groups -OCH3 is 1. The number of halogens is 1. The van der Waals surface area contributed by atoms with Crippen LogP contribution in [0.4, 0.5) is 0 Å². The van der Waals surface area contributed by atoms with E-state index < -0.39 is 5.97 Å². The maximum atomic E-state index is 11.5. The molecular formula is C20H17ClO4. The fourth-order valence-electron chi connectivity index (χ4n) is 1.98. The first-order valence-corrected chi connectivity index (χ1v) is 7.83. The van der Waals surface area contributed by atoms with Crippen LogP contribution in [-0.4, -0.2) is 19.7 Å². The molecule has 0 saturated carbocycles. The van der Waals surface area contributed by atoms with Gasteiger partial charge in [0.1, 0.15) is 6.61 Å². The molecule has 0 unspecified atom stereocenters. The zero-order valence-corrected chi connectivity index (χ0v) is 14.5. The van der Waals surface area contributed by atoms with Gasteiger partial charge < -0.3 is 14.2 Å². The second-order valence-corrected chi connectivity index (χ2v) is 5.41. The molecule has 0 radical (unpaired) electrons. The van der Waals surface area contributed by atoms with E-state index in [9.17, 15) is 4.79 Å². The van der Waals surface area contributed by atoms with Gasteiger partial charge in [0.15, 0.2) is 18.1 Å². The van der Waals surface area contributed by atoms with E-state index in [1.165, 1.54) is 6.08 Å². The predicted molar refractivity (Wildman–Crippen MR) is 97.6 cm³/mol.